The van der Waals surface area contributed by atoms with Crippen molar-refractivity contribution in [1.82, 2.24) is 4.90 Å². The van der Waals surface area contributed by atoms with Gasteiger partial charge in [-0.25, -0.2) is 0 Å². The smallest absolute Gasteiger partial charge is 0.119 e. The number of rotatable bonds is 14. The molecule has 1 rings (SSSR count). The van der Waals surface area contributed by atoms with Gasteiger partial charge in [0.1, 0.15) is 5.75 Å². The summed E-state index contributed by atoms with van der Waals surface area (Å²) in [5, 5.41) is 0. The highest BCUT2D eigenvalue weighted by Crippen LogP contribution is 2.10. The highest BCUT2D eigenvalue weighted by atomic mass is 127. The summed E-state index contributed by atoms with van der Waals surface area (Å²) in [4.78, 5) is 2.28. The van der Waals surface area contributed by atoms with Crippen molar-refractivity contribution in [2.75, 3.05) is 31.7 Å². The molecule has 0 atom stereocenters. The van der Waals surface area contributed by atoms with Crippen LogP contribution in [0.15, 0.2) is 30.3 Å². The summed E-state index contributed by atoms with van der Waals surface area (Å²) in [7, 11) is 4.32. The van der Waals surface area contributed by atoms with Crippen molar-refractivity contribution in [3.05, 3.63) is 30.3 Å². The summed E-state index contributed by atoms with van der Waals surface area (Å²) >= 11 is 2.29. The molecule has 0 bridgehead atoms. The van der Waals surface area contributed by atoms with Crippen LogP contribution >= 0.6 is 22.6 Å². The van der Waals surface area contributed by atoms with Crippen LogP contribution in [0, 0.1) is 0 Å². The zero-order valence-electron chi connectivity index (χ0n) is 16.8. The maximum Gasteiger partial charge on any atom is 0.119 e. The second kappa shape index (κ2) is 20.0. The Morgan fingerprint density at radius 1 is 0.800 bits per heavy atom. The predicted octanol–water partition coefficient (Wildman–Crippen LogP) is 6.97. The Labute approximate surface area is 170 Å². The van der Waals surface area contributed by atoms with Gasteiger partial charge in [0.15, 0.2) is 0 Å². The molecule has 0 unspecified atom stereocenters. The third-order valence-electron chi connectivity index (χ3n) is 4.05. The normalized spacial score (nSPS) is 10.4. The van der Waals surface area contributed by atoms with Gasteiger partial charge >= 0.3 is 0 Å². The van der Waals surface area contributed by atoms with Gasteiger partial charge in [-0.3, -0.25) is 0 Å². The first kappa shape index (κ1) is 24.7. The molecule has 0 spiro atoms. The Kier molecular flexibility index (Phi) is 19.8. The molecule has 0 aliphatic carbocycles. The van der Waals surface area contributed by atoms with Crippen molar-refractivity contribution >= 4 is 22.6 Å². The van der Waals surface area contributed by atoms with Crippen LogP contribution in [0.3, 0.4) is 0 Å². The first-order chi connectivity index (χ1) is 12.2. The number of ether oxygens (including phenoxy) is 1. The number of para-hydroxylation sites is 1. The van der Waals surface area contributed by atoms with Crippen LogP contribution in [-0.2, 0) is 0 Å². The van der Waals surface area contributed by atoms with Crippen molar-refractivity contribution in [1.29, 1.82) is 0 Å². The summed E-state index contributed by atoms with van der Waals surface area (Å²) in [5.41, 5.74) is 0. The number of nitrogens with zero attached hydrogens (tertiary/aromatic N) is 1. The Morgan fingerprint density at radius 3 is 1.80 bits per heavy atom. The van der Waals surface area contributed by atoms with Gasteiger partial charge in [0.25, 0.3) is 0 Å². The minimum absolute atomic E-state index is 0.796. The second-order valence-electron chi connectivity index (χ2n) is 6.84. The van der Waals surface area contributed by atoms with Gasteiger partial charge in [-0.2, -0.15) is 0 Å². The number of alkyl halides is 1. The molecule has 1 aromatic rings. The highest BCUT2D eigenvalue weighted by Gasteiger charge is 1.93. The lowest BCUT2D eigenvalue weighted by atomic mass is 10.1. The van der Waals surface area contributed by atoms with Crippen molar-refractivity contribution < 1.29 is 4.74 Å². The van der Waals surface area contributed by atoms with E-state index in [4.69, 9.17) is 4.74 Å². The van der Waals surface area contributed by atoms with Crippen LogP contribution < -0.4 is 4.74 Å². The predicted molar refractivity (Wildman–Crippen MR) is 121 cm³/mol. The van der Waals surface area contributed by atoms with Crippen LogP contribution in [0.5, 0.6) is 5.75 Å². The monoisotopic (exact) mass is 461 g/mol. The standard InChI is InChI=1S/C14H31N.C8H9IO/c1-4-5-6-7-8-9-10-11-12-13-14-15(2)3;9-6-7-10-8-4-2-1-3-5-8/h4-14H2,1-3H3;1-5H,6-7H2. The van der Waals surface area contributed by atoms with Gasteiger partial charge in [-0.15, -0.1) is 0 Å². The fourth-order valence-corrected chi connectivity index (χ4v) is 2.81. The number of unbranched alkanes of at least 4 members (excludes halogenated alkanes) is 9. The fraction of sp³-hybridized carbons (Fsp3) is 0.727. The molecule has 2 nitrogen and oxygen atoms in total. The van der Waals surface area contributed by atoms with Crippen LogP contribution in [0.25, 0.3) is 0 Å². The van der Waals surface area contributed by atoms with E-state index >= 15 is 0 Å². The largest absolute Gasteiger partial charge is 0.493 e. The Morgan fingerprint density at radius 2 is 1.32 bits per heavy atom. The Balaban J connectivity index is 0.000000496. The van der Waals surface area contributed by atoms with E-state index in [1.165, 1.54) is 70.8 Å². The fourth-order valence-electron chi connectivity index (χ4n) is 2.59. The molecule has 25 heavy (non-hydrogen) atoms. The molecule has 0 aliphatic heterocycles. The van der Waals surface area contributed by atoms with Crippen LogP contribution in [0.1, 0.15) is 71.1 Å². The molecule has 0 saturated carbocycles. The van der Waals surface area contributed by atoms with Crippen LogP contribution in [0.2, 0.25) is 0 Å². The van der Waals surface area contributed by atoms with Gasteiger partial charge in [0.05, 0.1) is 6.61 Å². The topological polar surface area (TPSA) is 12.5 Å². The molecule has 0 radical (unpaired) electrons. The zero-order valence-corrected chi connectivity index (χ0v) is 19.0. The van der Waals surface area contributed by atoms with E-state index in [0.717, 1.165) is 16.8 Å². The quantitative estimate of drug-likeness (QED) is 0.169. The lowest BCUT2D eigenvalue weighted by Gasteiger charge is -2.08. The number of hydrogen-bond donors (Lipinski definition) is 0. The van der Waals surface area contributed by atoms with E-state index in [2.05, 4.69) is 48.5 Å². The third-order valence-corrected chi connectivity index (χ3v) is 4.49. The molecule has 146 valence electrons. The first-order valence-corrected chi connectivity index (χ1v) is 11.6. The average molecular weight is 461 g/mol. The molecule has 0 heterocycles. The van der Waals surface area contributed by atoms with Gasteiger partial charge in [0.2, 0.25) is 0 Å². The van der Waals surface area contributed by atoms with Crippen molar-refractivity contribution in [3.63, 3.8) is 0 Å². The van der Waals surface area contributed by atoms with Gasteiger partial charge < -0.3 is 9.64 Å². The maximum atomic E-state index is 5.35. The Bertz CT molecular complexity index is 356. The lowest BCUT2D eigenvalue weighted by Crippen LogP contribution is -2.12. The number of halogens is 1. The highest BCUT2D eigenvalue weighted by molar-refractivity contribution is 14.1. The molecule has 1 aromatic carbocycles. The molecule has 0 saturated heterocycles. The first-order valence-electron chi connectivity index (χ1n) is 10.1. The summed E-state index contributed by atoms with van der Waals surface area (Å²) in [6.45, 7) is 4.34. The summed E-state index contributed by atoms with van der Waals surface area (Å²) < 4.78 is 6.38. The van der Waals surface area contributed by atoms with Crippen LogP contribution in [0.4, 0.5) is 0 Å². The number of benzene rings is 1. The minimum Gasteiger partial charge on any atom is -0.493 e. The van der Waals surface area contributed by atoms with Gasteiger partial charge in [-0.05, 0) is 39.2 Å². The number of hydrogen-bond acceptors (Lipinski definition) is 2. The molecular formula is C22H40INO. The van der Waals surface area contributed by atoms with E-state index in [-0.39, 0.29) is 0 Å². The van der Waals surface area contributed by atoms with Crippen molar-refractivity contribution in [2.45, 2.75) is 71.1 Å². The van der Waals surface area contributed by atoms with E-state index in [9.17, 15) is 0 Å². The van der Waals surface area contributed by atoms with Gasteiger partial charge in [0, 0.05) is 4.43 Å². The lowest BCUT2D eigenvalue weighted by molar-refractivity contribution is 0.346. The molecule has 3 heteroatoms. The average Bonchev–Trinajstić information content (AvgIpc) is 2.63. The van der Waals surface area contributed by atoms with Crippen molar-refractivity contribution in [2.24, 2.45) is 0 Å². The molecule has 0 aliphatic rings. The second-order valence-corrected chi connectivity index (χ2v) is 7.91. The third kappa shape index (κ3) is 19.9. The summed E-state index contributed by atoms with van der Waals surface area (Å²) in [6.07, 6.45) is 14.4. The Hall–Kier alpha value is -0.290. The van der Waals surface area contributed by atoms with Gasteiger partial charge in [-0.1, -0.05) is 106 Å². The molecule has 0 aromatic heterocycles. The molecular weight excluding hydrogens is 421 g/mol. The van der Waals surface area contributed by atoms with E-state index in [0.29, 0.717) is 0 Å². The minimum atomic E-state index is 0.796. The summed E-state index contributed by atoms with van der Waals surface area (Å²) in [6, 6.07) is 9.86. The van der Waals surface area contributed by atoms with Crippen LogP contribution in [-0.4, -0.2) is 36.6 Å². The van der Waals surface area contributed by atoms with E-state index in [1.54, 1.807) is 0 Å². The molecule has 0 amide bonds. The van der Waals surface area contributed by atoms with E-state index < -0.39 is 0 Å². The maximum absolute atomic E-state index is 5.35. The van der Waals surface area contributed by atoms with E-state index in [1.807, 2.05) is 30.3 Å². The molecule has 0 fully saturated rings. The van der Waals surface area contributed by atoms with Crippen molar-refractivity contribution in [3.8, 4) is 5.75 Å². The SMILES string of the molecule is CCCCCCCCCCCCN(C)C.ICCOc1ccccc1. The molecule has 0 N–H and O–H groups in total. The summed E-state index contributed by atoms with van der Waals surface area (Å²) in [5.74, 6) is 0.958. The zero-order chi connectivity index (χ0) is 18.6.